The van der Waals surface area contributed by atoms with Gasteiger partial charge in [0.2, 0.25) is 0 Å². The number of carbonyl (C=O) groups excluding carboxylic acids is 3. The van der Waals surface area contributed by atoms with Crippen molar-refractivity contribution in [3.63, 3.8) is 0 Å². The number of esters is 1. The Balaban J connectivity index is 1.41. The van der Waals surface area contributed by atoms with E-state index in [0.717, 1.165) is 42.6 Å². The van der Waals surface area contributed by atoms with Crippen molar-refractivity contribution in [1.82, 2.24) is 4.90 Å². The van der Waals surface area contributed by atoms with E-state index in [1.165, 1.54) is 23.1 Å². The van der Waals surface area contributed by atoms with Crippen LogP contribution in [-0.2, 0) is 0 Å². The van der Waals surface area contributed by atoms with Crippen LogP contribution in [0.2, 0.25) is 0 Å². The van der Waals surface area contributed by atoms with E-state index in [1.807, 2.05) is 43.3 Å². The molecule has 0 radical (unpaired) electrons. The van der Waals surface area contributed by atoms with Crippen LogP contribution in [0.5, 0.6) is 11.5 Å². The first-order valence-electron chi connectivity index (χ1n) is 12.1. The second-order valence-corrected chi connectivity index (χ2v) is 8.45. The van der Waals surface area contributed by atoms with Gasteiger partial charge in [0.05, 0.1) is 23.3 Å². The average molecular weight is 472 g/mol. The van der Waals surface area contributed by atoms with Crippen molar-refractivity contribution in [2.24, 2.45) is 0 Å². The fraction of sp³-hybridized carbons (Fsp3) is 0.276. The fourth-order valence-corrected chi connectivity index (χ4v) is 4.11. The molecule has 2 amide bonds. The molecule has 0 aliphatic carbocycles. The molecule has 6 nitrogen and oxygen atoms in total. The first-order chi connectivity index (χ1) is 17.0. The molecule has 0 bridgehead atoms. The van der Waals surface area contributed by atoms with Crippen LogP contribution in [0.25, 0.3) is 11.1 Å². The minimum Gasteiger partial charge on any atom is -0.494 e. The van der Waals surface area contributed by atoms with Gasteiger partial charge in [-0.1, -0.05) is 50.5 Å². The van der Waals surface area contributed by atoms with Crippen molar-refractivity contribution in [2.75, 3.05) is 13.2 Å². The molecule has 0 saturated carbocycles. The number of carbonyl (C=O) groups is 3. The Morgan fingerprint density at radius 2 is 1.37 bits per heavy atom. The Morgan fingerprint density at radius 1 is 0.743 bits per heavy atom. The molecule has 0 fully saturated rings. The summed E-state index contributed by atoms with van der Waals surface area (Å²) in [7, 11) is 0. The number of nitrogens with zero attached hydrogens (tertiary/aromatic N) is 1. The van der Waals surface area contributed by atoms with E-state index >= 15 is 0 Å². The standard InChI is InChI=1S/C29H29NO5/c1-3-5-6-7-18-30-27(31)25-17-12-22(19-26(25)28(30)32)29(33)35-24-15-10-21(11-16-24)20-8-13-23(14-9-20)34-4-2/h8-17,19H,3-7,18H2,1-2H3. The summed E-state index contributed by atoms with van der Waals surface area (Å²) >= 11 is 0. The van der Waals surface area contributed by atoms with Crippen LogP contribution in [0.4, 0.5) is 0 Å². The summed E-state index contributed by atoms with van der Waals surface area (Å²) in [6.07, 6.45) is 3.90. The predicted octanol–water partition coefficient (Wildman–Crippen LogP) is 6.15. The number of hydrogen-bond acceptors (Lipinski definition) is 5. The van der Waals surface area contributed by atoms with Crippen LogP contribution in [-0.4, -0.2) is 35.8 Å². The van der Waals surface area contributed by atoms with Crippen molar-refractivity contribution in [3.05, 3.63) is 83.4 Å². The number of ether oxygens (including phenoxy) is 2. The second kappa shape index (κ2) is 11.0. The molecule has 3 aromatic rings. The van der Waals surface area contributed by atoms with Crippen LogP contribution >= 0.6 is 0 Å². The molecule has 180 valence electrons. The largest absolute Gasteiger partial charge is 0.494 e. The maximum atomic E-state index is 12.8. The summed E-state index contributed by atoms with van der Waals surface area (Å²) in [6.45, 7) is 5.06. The smallest absolute Gasteiger partial charge is 0.343 e. The maximum absolute atomic E-state index is 12.8. The molecule has 6 heteroatoms. The lowest BCUT2D eigenvalue weighted by Gasteiger charge is -2.13. The molecule has 4 rings (SSSR count). The highest BCUT2D eigenvalue weighted by Crippen LogP contribution is 2.27. The zero-order valence-corrected chi connectivity index (χ0v) is 20.1. The second-order valence-electron chi connectivity index (χ2n) is 8.45. The van der Waals surface area contributed by atoms with Crippen LogP contribution in [0, 0.1) is 0 Å². The van der Waals surface area contributed by atoms with Gasteiger partial charge in [0, 0.05) is 6.54 Å². The van der Waals surface area contributed by atoms with Crippen molar-refractivity contribution >= 4 is 17.8 Å². The van der Waals surface area contributed by atoms with E-state index in [-0.39, 0.29) is 22.9 Å². The van der Waals surface area contributed by atoms with Gasteiger partial charge in [-0.15, -0.1) is 0 Å². The number of amides is 2. The van der Waals surface area contributed by atoms with E-state index in [4.69, 9.17) is 9.47 Å². The fourth-order valence-electron chi connectivity index (χ4n) is 4.11. The number of unbranched alkanes of at least 4 members (excludes halogenated alkanes) is 3. The zero-order chi connectivity index (χ0) is 24.8. The van der Waals surface area contributed by atoms with Gasteiger partial charge in [0.1, 0.15) is 11.5 Å². The lowest BCUT2D eigenvalue weighted by molar-refractivity contribution is 0.0650. The van der Waals surface area contributed by atoms with E-state index in [1.54, 1.807) is 12.1 Å². The Kier molecular flexibility index (Phi) is 7.60. The first-order valence-corrected chi connectivity index (χ1v) is 12.1. The Hall–Kier alpha value is -3.93. The highest BCUT2D eigenvalue weighted by Gasteiger charge is 2.35. The average Bonchev–Trinajstić information content (AvgIpc) is 3.12. The molecule has 0 aromatic heterocycles. The molecule has 35 heavy (non-hydrogen) atoms. The van der Waals surface area contributed by atoms with Crippen LogP contribution in [0.15, 0.2) is 66.7 Å². The lowest BCUT2D eigenvalue weighted by atomic mass is 10.1. The van der Waals surface area contributed by atoms with E-state index in [9.17, 15) is 14.4 Å². The SMILES string of the molecule is CCCCCCN1C(=O)c2ccc(C(=O)Oc3ccc(-c4ccc(OCC)cc4)cc3)cc2C1=O. The predicted molar refractivity (Wildman–Crippen MR) is 134 cm³/mol. The minimum absolute atomic E-state index is 0.230. The maximum Gasteiger partial charge on any atom is 0.343 e. The molecule has 1 aliphatic heterocycles. The van der Waals surface area contributed by atoms with Gasteiger partial charge in [-0.25, -0.2) is 4.79 Å². The van der Waals surface area contributed by atoms with Gasteiger partial charge < -0.3 is 9.47 Å². The molecule has 0 unspecified atom stereocenters. The summed E-state index contributed by atoms with van der Waals surface area (Å²) in [5.41, 5.74) is 2.82. The van der Waals surface area contributed by atoms with Gasteiger partial charge in [-0.2, -0.15) is 0 Å². The van der Waals surface area contributed by atoms with Gasteiger partial charge in [0.15, 0.2) is 0 Å². The monoisotopic (exact) mass is 471 g/mol. The Bertz CT molecular complexity index is 1210. The Morgan fingerprint density at radius 3 is 2.00 bits per heavy atom. The molecular weight excluding hydrogens is 442 g/mol. The number of benzene rings is 3. The summed E-state index contributed by atoms with van der Waals surface area (Å²) < 4.78 is 11.0. The van der Waals surface area contributed by atoms with E-state index in [2.05, 4.69) is 6.92 Å². The summed E-state index contributed by atoms with van der Waals surface area (Å²) in [4.78, 5) is 39.4. The summed E-state index contributed by atoms with van der Waals surface area (Å²) in [5.74, 6) is -0.0218. The molecule has 0 saturated heterocycles. The molecule has 1 aliphatic rings. The Labute approximate surface area is 205 Å². The van der Waals surface area contributed by atoms with Crippen LogP contribution in [0.3, 0.4) is 0 Å². The number of hydrogen-bond donors (Lipinski definition) is 0. The van der Waals surface area contributed by atoms with Crippen molar-refractivity contribution in [3.8, 4) is 22.6 Å². The van der Waals surface area contributed by atoms with Crippen molar-refractivity contribution < 1.29 is 23.9 Å². The quantitative estimate of drug-likeness (QED) is 0.154. The third kappa shape index (κ3) is 5.43. The van der Waals surface area contributed by atoms with Crippen LogP contribution in [0.1, 0.15) is 70.6 Å². The van der Waals surface area contributed by atoms with Gasteiger partial charge in [0.25, 0.3) is 11.8 Å². The summed E-state index contributed by atoms with van der Waals surface area (Å²) in [6, 6.07) is 19.5. The molecule has 3 aromatic carbocycles. The van der Waals surface area contributed by atoms with Crippen molar-refractivity contribution in [1.29, 1.82) is 0 Å². The van der Waals surface area contributed by atoms with E-state index in [0.29, 0.717) is 24.5 Å². The zero-order valence-electron chi connectivity index (χ0n) is 20.1. The molecule has 1 heterocycles. The minimum atomic E-state index is -0.580. The highest BCUT2D eigenvalue weighted by molar-refractivity contribution is 6.22. The normalized spacial score (nSPS) is 12.6. The molecule has 0 N–H and O–H groups in total. The van der Waals surface area contributed by atoms with Crippen molar-refractivity contribution in [2.45, 2.75) is 39.5 Å². The van der Waals surface area contributed by atoms with Gasteiger partial charge in [-0.05, 0) is 66.9 Å². The summed E-state index contributed by atoms with van der Waals surface area (Å²) in [5, 5.41) is 0. The third-order valence-corrected chi connectivity index (χ3v) is 6.01. The number of fused-ring (bicyclic) bond motifs is 1. The highest BCUT2D eigenvalue weighted by atomic mass is 16.5. The number of rotatable bonds is 10. The lowest BCUT2D eigenvalue weighted by Crippen LogP contribution is -2.30. The molecule has 0 atom stereocenters. The van der Waals surface area contributed by atoms with Gasteiger partial charge >= 0.3 is 5.97 Å². The van der Waals surface area contributed by atoms with Crippen LogP contribution < -0.4 is 9.47 Å². The first kappa shape index (κ1) is 24.2. The molecular formula is C29H29NO5. The van der Waals surface area contributed by atoms with Gasteiger partial charge in [-0.3, -0.25) is 14.5 Å². The third-order valence-electron chi connectivity index (χ3n) is 6.01. The van der Waals surface area contributed by atoms with E-state index < -0.39 is 5.97 Å². The molecule has 0 spiro atoms. The topological polar surface area (TPSA) is 72.9 Å². The number of imide groups is 1.